The number of anilines is 1. The molecule has 3 N–H and O–H groups in total. The van der Waals surface area contributed by atoms with Gasteiger partial charge in [0.1, 0.15) is 5.82 Å². The second-order valence-corrected chi connectivity index (χ2v) is 8.22. The van der Waals surface area contributed by atoms with E-state index in [-0.39, 0.29) is 0 Å². The molecule has 0 fully saturated rings. The van der Waals surface area contributed by atoms with Crippen LogP contribution in [0.5, 0.6) is 0 Å². The summed E-state index contributed by atoms with van der Waals surface area (Å²) in [6.45, 7) is 9.93. The number of quaternary nitrogens is 1. The monoisotopic (exact) mass is 416 g/mol. The Hall–Kier alpha value is -2.32. The summed E-state index contributed by atoms with van der Waals surface area (Å²) in [4.78, 5) is 26.3. The molecule has 2 amide bonds. The molecule has 1 aliphatic rings. The van der Waals surface area contributed by atoms with Crippen molar-refractivity contribution in [2.75, 3.05) is 31.5 Å². The smallest absolute Gasteiger partial charge is 0.314 e. The van der Waals surface area contributed by atoms with Gasteiger partial charge in [-0.25, -0.2) is 4.68 Å². The number of hydrogen-bond donors (Lipinski definition) is 3. The third-order valence-electron chi connectivity index (χ3n) is 5.33. The highest BCUT2D eigenvalue weighted by molar-refractivity contribution is 7.98. The van der Waals surface area contributed by atoms with Crippen LogP contribution >= 0.6 is 11.8 Å². The van der Waals surface area contributed by atoms with Gasteiger partial charge in [-0.2, -0.15) is 16.9 Å². The van der Waals surface area contributed by atoms with Crippen LogP contribution in [0.25, 0.3) is 5.69 Å². The van der Waals surface area contributed by atoms with Crippen LogP contribution in [0.3, 0.4) is 0 Å². The van der Waals surface area contributed by atoms with Crippen molar-refractivity contribution in [2.45, 2.75) is 38.7 Å². The van der Waals surface area contributed by atoms with Gasteiger partial charge in [0.05, 0.1) is 31.0 Å². The van der Waals surface area contributed by atoms with E-state index in [4.69, 9.17) is 5.10 Å². The Morgan fingerprint density at radius 1 is 1.17 bits per heavy atom. The molecule has 1 aromatic carbocycles. The van der Waals surface area contributed by atoms with Gasteiger partial charge in [-0.15, -0.1) is 0 Å². The number of carbonyl (C=O) groups is 2. The van der Waals surface area contributed by atoms with Gasteiger partial charge >= 0.3 is 11.8 Å². The lowest BCUT2D eigenvalue weighted by Gasteiger charge is -2.15. The first-order valence-corrected chi connectivity index (χ1v) is 11.4. The summed E-state index contributed by atoms with van der Waals surface area (Å²) >= 11 is 1.76. The molecule has 0 saturated carbocycles. The van der Waals surface area contributed by atoms with E-state index >= 15 is 0 Å². The van der Waals surface area contributed by atoms with E-state index in [1.807, 2.05) is 31.2 Å². The number of benzene rings is 1. The van der Waals surface area contributed by atoms with Crippen molar-refractivity contribution in [1.82, 2.24) is 15.1 Å². The zero-order valence-electron chi connectivity index (χ0n) is 17.4. The van der Waals surface area contributed by atoms with Crippen molar-refractivity contribution in [2.24, 2.45) is 0 Å². The molecule has 0 radical (unpaired) electrons. The van der Waals surface area contributed by atoms with E-state index in [9.17, 15) is 9.59 Å². The number of hydrogen-bond acceptors (Lipinski definition) is 4. The van der Waals surface area contributed by atoms with E-state index in [2.05, 4.69) is 24.5 Å². The van der Waals surface area contributed by atoms with Crippen LogP contribution < -0.4 is 15.5 Å². The molecule has 29 heavy (non-hydrogen) atoms. The first-order chi connectivity index (χ1) is 14.0. The molecule has 3 rings (SSSR count). The number of carbonyl (C=O) groups excluding carboxylic acids is 2. The zero-order valence-corrected chi connectivity index (χ0v) is 18.2. The molecule has 0 atom stereocenters. The lowest BCUT2D eigenvalue weighted by atomic mass is 10.2. The molecule has 0 unspecified atom stereocenters. The maximum Gasteiger partial charge on any atom is 0.314 e. The van der Waals surface area contributed by atoms with Gasteiger partial charge in [0.15, 0.2) is 0 Å². The van der Waals surface area contributed by atoms with Crippen LogP contribution in [-0.4, -0.2) is 47.8 Å². The van der Waals surface area contributed by atoms with Crippen LogP contribution in [0.2, 0.25) is 0 Å². The molecule has 1 aromatic heterocycles. The van der Waals surface area contributed by atoms with Gasteiger partial charge in [-0.3, -0.25) is 9.59 Å². The molecule has 0 saturated heterocycles. The quantitative estimate of drug-likeness (QED) is 0.448. The van der Waals surface area contributed by atoms with Crippen molar-refractivity contribution in [3.63, 3.8) is 0 Å². The topological polar surface area (TPSA) is 80.5 Å². The fourth-order valence-corrected chi connectivity index (χ4v) is 4.54. The van der Waals surface area contributed by atoms with Gasteiger partial charge in [-0.1, -0.05) is 18.2 Å². The van der Waals surface area contributed by atoms with E-state index in [1.165, 1.54) is 4.90 Å². The third-order valence-corrected chi connectivity index (χ3v) is 6.30. The number of aryl methyl sites for hydroxylation is 1. The van der Waals surface area contributed by atoms with E-state index < -0.39 is 11.8 Å². The van der Waals surface area contributed by atoms with Crippen LogP contribution in [-0.2, 0) is 21.1 Å². The molecular formula is C21H30N5O2S+. The maximum absolute atomic E-state index is 12.5. The van der Waals surface area contributed by atoms with Crippen molar-refractivity contribution in [3.8, 4) is 5.69 Å². The minimum atomic E-state index is -0.644. The van der Waals surface area contributed by atoms with Crippen molar-refractivity contribution in [3.05, 3.63) is 41.1 Å². The number of fused-ring (bicyclic) bond motifs is 1. The molecule has 0 bridgehead atoms. The highest BCUT2D eigenvalue weighted by Crippen LogP contribution is 2.36. The summed E-state index contributed by atoms with van der Waals surface area (Å²) in [5, 5.41) is 10.3. The molecule has 0 spiro atoms. The average Bonchev–Trinajstić information content (AvgIpc) is 3.31. The predicted octanol–water partition coefficient (Wildman–Crippen LogP) is 1.30. The van der Waals surface area contributed by atoms with E-state index in [0.717, 1.165) is 60.1 Å². The molecule has 0 aliphatic carbocycles. The Balaban J connectivity index is 1.67. The number of para-hydroxylation sites is 1. The first-order valence-electron chi connectivity index (χ1n) is 10.2. The first kappa shape index (κ1) is 21.4. The number of amides is 2. The summed E-state index contributed by atoms with van der Waals surface area (Å²) in [5.74, 6) is 0.959. The van der Waals surface area contributed by atoms with Crippen LogP contribution in [0, 0.1) is 6.92 Å². The number of nitrogens with zero attached hydrogens (tertiary/aromatic N) is 2. The standard InChI is InChI=1S/C21H29N5O2S/c1-4-25(5-2)12-8-11-22-20(27)21(28)23-19-16-13-29-14-17(16)24-26(19)18-10-7-6-9-15(18)3/h6-7,9-10H,4-5,8,11-14H2,1-3H3,(H,22,27)(H,23,28)/p+1. The minimum absolute atomic E-state index is 0.501. The van der Waals surface area contributed by atoms with Gasteiger partial charge < -0.3 is 15.5 Å². The number of rotatable bonds is 8. The zero-order chi connectivity index (χ0) is 20.8. The Kier molecular flexibility index (Phi) is 7.33. The lowest BCUT2D eigenvalue weighted by Crippen LogP contribution is -3.11. The summed E-state index contributed by atoms with van der Waals surface area (Å²) in [5.41, 5.74) is 3.94. The molecule has 2 aromatic rings. The van der Waals surface area contributed by atoms with E-state index in [0.29, 0.717) is 12.4 Å². The van der Waals surface area contributed by atoms with Crippen molar-refractivity contribution < 1.29 is 14.5 Å². The van der Waals surface area contributed by atoms with E-state index in [1.54, 1.807) is 16.4 Å². The fourth-order valence-electron chi connectivity index (χ4n) is 3.51. The normalized spacial score (nSPS) is 12.8. The Labute approximate surface area is 176 Å². The third kappa shape index (κ3) is 5.00. The molecule has 8 heteroatoms. The number of aromatic nitrogens is 2. The van der Waals surface area contributed by atoms with Gasteiger partial charge in [0.2, 0.25) is 0 Å². The van der Waals surface area contributed by atoms with Gasteiger partial charge in [-0.05, 0) is 32.4 Å². The summed E-state index contributed by atoms with van der Waals surface area (Å²) < 4.78 is 1.76. The van der Waals surface area contributed by atoms with Crippen LogP contribution in [0.1, 0.15) is 37.1 Å². The molecule has 1 aliphatic heterocycles. The average molecular weight is 417 g/mol. The largest absolute Gasteiger partial charge is 0.348 e. The lowest BCUT2D eigenvalue weighted by molar-refractivity contribution is -0.896. The number of thioether (sulfide) groups is 1. The fraction of sp³-hybridized carbons (Fsp3) is 0.476. The summed E-state index contributed by atoms with van der Waals surface area (Å²) in [6.07, 6.45) is 0.850. The second-order valence-electron chi connectivity index (χ2n) is 7.24. The Morgan fingerprint density at radius 3 is 2.66 bits per heavy atom. The molecular weight excluding hydrogens is 386 g/mol. The SMILES string of the molecule is CC[NH+](CC)CCCNC(=O)C(=O)Nc1c2c(nn1-c1ccccc1C)CSC2. The van der Waals surface area contributed by atoms with Crippen LogP contribution in [0.4, 0.5) is 5.82 Å². The maximum atomic E-state index is 12.5. The van der Waals surface area contributed by atoms with Crippen molar-refractivity contribution in [1.29, 1.82) is 0 Å². The van der Waals surface area contributed by atoms with Crippen LogP contribution in [0.15, 0.2) is 24.3 Å². The molecule has 2 heterocycles. The molecule has 156 valence electrons. The molecule has 7 nitrogen and oxygen atoms in total. The second kappa shape index (κ2) is 9.93. The summed E-state index contributed by atoms with van der Waals surface area (Å²) in [6, 6.07) is 7.89. The highest BCUT2D eigenvalue weighted by atomic mass is 32.2. The highest BCUT2D eigenvalue weighted by Gasteiger charge is 2.26. The Morgan fingerprint density at radius 2 is 1.93 bits per heavy atom. The summed E-state index contributed by atoms with van der Waals surface area (Å²) in [7, 11) is 0. The number of nitrogens with one attached hydrogen (secondary N) is 3. The predicted molar refractivity (Wildman–Crippen MR) is 116 cm³/mol. The minimum Gasteiger partial charge on any atom is -0.348 e. The van der Waals surface area contributed by atoms with Crippen molar-refractivity contribution >= 4 is 29.4 Å². The van der Waals surface area contributed by atoms with Gasteiger partial charge in [0.25, 0.3) is 0 Å². The van der Waals surface area contributed by atoms with Gasteiger partial charge in [0, 0.05) is 30.0 Å². The Bertz CT molecular complexity index is 876.